The molecule has 1 heterocycles. The lowest BCUT2D eigenvalue weighted by molar-refractivity contribution is -0.169. The summed E-state index contributed by atoms with van der Waals surface area (Å²) in [5.74, 6) is 0. The highest BCUT2D eigenvalue weighted by atomic mass is 28.2. The fourth-order valence-electron chi connectivity index (χ4n) is 2.19. The summed E-state index contributed by atoms with van der Waals surface area (Å²) < 4.78 is 12.5. The Morgan fingerprint density at radius 1 is 1.00 bits per heavy atom. The molecule has 0 atom stereocenters. The molecule has 0 aliphatic carbocycles. The van der Waals surface area contributed by atoms with Gasteiger partial charge in [-0.2, -0.15) is 0 Å². The fraction of sp³-hybridized carbons (Fsp3) is 0.786. The van der Waals surface area contributed by atoms with Crippen LogP contribution >= 0.6 is 0 Å². The van der Waals surface area contributed by atoms with Gasteiger partial charge in [-0.05, 0) is 40.2 Å². The normalized spacial score (nSPS) is 12.3. The lowest BCUT2D eigenvalue weighted by Gasteiger charge is -2.22. The van der Waals surface area contributed by atoms with Crippen molar-refractivity contribution >= 4 is 9.52 Å². The van der Waals surface area contributed by atoms with Gasteiger partial charge in [0.15, 0.2) is 6.29 Å². The number of aromatic nitrogens is 3. The number of rotatable bonds is 10. The number of ether oxygens (including phenoxy) is 2. The lowest BCUT2D eigenvalue weighted by Crippen LogP contribution is -2.43. The topological polar surface area (TPSA) is 106 Å². The molecule has 1 aromatic rings. The number of nitrogens with one attached hydrogen (secondary N) is 2. The molecule has 23 heavy (non-hydrogen) atoms. The van der Waals surface area contributed by atoms with E-state index in [-0.39, 0.29) is 18.5 Å². The zero-order chi connectivity index (χ0) is 17.4. The standard InChI is InChI=1S/C14H27N3O5Si/c1-9(2)21-11(22-10(3)4)8-23-7-5-6-17-13(19)15-12(18)16-14(17)20/h9-11H,5-8,23H2,1-4H3,(H2,15,16,18,19,20). The first-order chi connectivity index (χ1) is 10.8. The Labute approximate surface area is 137 Å². The van der Waals surface area contributed by atoms with Crippen molar-refractivity contribution in [2.45, 2.75) is 71.2 Å². The van der Waals surface area contributed by atoms with Crippen LogP contribution in [0.25, 0.3) is 0 Å². The van der Waals surface area contributed by atoms with Crippen LogP contribution < -0.4 is 17.1 Å². The molecule has 0 radical (unpaired) electrons. The molecule has 0 fully saturated rings. The van der Waals surface area contributed by atoms with Gasteiger partial charge >= 0.3 is 17.1 Å². The Morgan fingerprint density at radius 2 is 1.52 bits per heavy atom. The highest BCUT2D eigenvalue weighted by Crippen LogP contribution is 2.09. The lowest BCUT2D eigenvalue weighted by atomic mass is 10.4. The smallest absolute Gasteiger partial charge is 0.333 e. The van der Waals surface area contributed by atoms with E-state index in [1.165, 1.54) is 0 Å². The van der Waals surface area contributed by atoms with Crippen molar-refractivity contribution in [2.75, 3.05) is 0 Å². The SMILES string of the molecule is CC(C)OC(C[SiH2]CCCn1c(=O)[nH]c(=O)[nH]c1=O)OC(C)C. The molecule has 0 aromatic carbocycles. The Balaban J connectivity index is 2.40. The number of nitrogens with zero attached hydrogens (tertiary/aromatic N) is 1. The highest BCUT2D eigenvalue weighted by Gasteiger charge is 2.13. The number of hydrogen-bond donors (Lipinski definition) is 2. The van der Waals surface area contributed by atoms with Crippen molar-refractivity contribution in [3.05, 3.63) is 31.5 Å². The molecule has 0 aliphatic heterocycles. The molecule has 0 unspecified atom stereocenters. The van der Waals surface area contributed by atoms with Crippen LogP contribution in [0.15, 0.2) is 14.4 Å². The summed E-state index contributed by atoms with van der Waals surface area (Å²) in [6.45, 7) is 8.22. The van der Waals surface area contributed by atoms with Crippen molar-refractivity contribution in [1.29, 1.82) is 0 Å². The molecule has 0 bridgehead atoms. The minimum atomic E-state index is -0.773. The minimum absolute atomic E-state index is 0.117. The molecular formula is C14H27N3O5Si. The molecule has 0 saturated heterocycles. The third-order valence-electron chi connectivity index (χ3n) is 3.10. The Hall–Kier alpha value is -1.45. The summed E-state index contributed by atoms with van der Waals surface area (Å²) >= 11 is 0. The maximum Gasteiger partial charge on any atom is 0.333 e. The van der Waals surface area contributed by atoms with Gasteiger partial charge in [0, 0.05) is 16.1 Å². The predicted molar refractivity (Wildman–Crippen MR) is 90.9 cm³/mol. The zero-order valence-electron chi connectivity index (χ0n) is 14.3. The van der Waals surface area contributed by atoms with Crippen molar-refractivity contribution in [3.8, 4) is 0 Å². The van der Waals surface area contributed by atoms with E-state index in [4.69, 9.17) is 9.47 Å². The van der Waals surface area contributed by atoms with E-state index in [1.54, 1.807) is 0 Å². The Bertz CT molecular complexity index is 590. The summed E-state index contributed by atoms with van der Waals surface area (Å²) in [7, 11) is -0.420. The third kappa shape index (κ3) is 7.57. The molecule has 132 valence electrons. The van der Waals surface area contributed by atoms with Crippen LogP contribution in [0.4, 0.5) is 0 Å². The molecule has 8 nitrogen and oxygen atoms in total. The van der Waals surface area contributed by atoms with Gasteiger partial charge in [0.2, 0.25) is 0 Å². The predicted octanol–water partition coefficient (Wildman–Crippen LogP) is -0.203. The monoisotopic (exact) mass is 345 g/mol. The van der Waals surface area contributed by atoms with Gasteiger partial charge < -0.3 is 9.47 Å². The molecule has 0 amide bonds. The summed E-state index contributed by atoms with van der Waals surface area (Å²) in [5, 5.41) is 0. The summed E-state index contributed by atoms with van der Waals surface area (Å²) in [6, 6.07) is 1.86. The van der Waals surface area contributed by atoms with Crippen LogP contribution in [0.1, 0.15) is 34.1 Å². The van der Waals surface area contributed by atoms with Crippen LogP contribution in [0.2, 0.25) is 12.1 Å². The molecule has 9 heteroatoms. The molecule has 0 spiro atoms. The molecule has 0 aliphatic rings. The Kier molecular flexibility index (Phi) is 8.21. The summed E-state index contributed by atoms with van der Waals surface area (Å²) in [6.07, 6.45) is 0.773. The van der Waals surface area contributed by atoms with Crippen molar-refractivity contribution in [3.63, 3.8) is 0 Å². The maximum absolute atomic E-state index is 11.5. The maximum atomic E-state index is 11.5. The first-order valence-corrected chi connectivity index (χ1v) is 10.0. The number of hydrogen-bond acceptors (Lipinski definition) is 5. The van der Waals surface area contributed by atoms with Gasteiger partial charge in [0.1, 0.15) is 0 Å². The van der Waals surface area contributed by atoms with E-state index in [1.807, 2.05) is 37.7 Å². The van der Waals surface area contributed by atoms with Gasteiger partial charge in [0.05, 0.1) is 12.2 Å². The van der Waals surface area contributed by atoms with E-state index in [2.05, 4.69) is 0 Å². The van der Waals surface area contributed by atoms with Crippen LogP contribution in [-0.4, -0.2) is 42.6 Å². The van der Waals surface area contributed by atoms with Gasteiger partial charge in [-0.15, -0.1) is 0 Å². The van der Waals surface area contributed by atoms with Crippen molar-refractivity contribution in [2.24, 2.45) is 0 Å². The molecule has 1 rings (SSSR count). The first kappa shape index (κ1) is 19.6. The van der Waals surface area contributed by atoms with Crippen molar-refractivity contribution in [1.82, 2.24) is 14.5 Å². The van der Waals surface area contributed by atoms with E-state index in [0.29, 0.717) is 6.54 Å². The van der Waals surface area contributed by atoms with Gasteiger partial charge in [0.25, 0.3) is 0 Å². The number of aromatic amines is 2. The quantitative estimate of drug-likeness (QED) is 0.347. The van der Waals surface area contributed by atoms with Gasteiger partial charge in [-0.1, -0.05) is 6.04 Å². The van der Waals surface area contributed by atoms with E-state index in [9.17, 15) is 14.4 Å². The van der Waals surface area contributed by atoms with Crippen LogP contribution in [-0.2, 0) is 16.0 Å². The van der Waals surface area contributed by atoms with Crippen LogP contribution in [0, 0.1) is 0 Å². The highest BCUT2D eigenvalue weighted by molar-refractivity contribution is 6.35. The van der Waals surface area contributed by atoms with E-state index >= 15 is 0 Å². The molecule has 0 saturated carbocycles. The average molecular weight is 345 g/mol. The second kappa shape index (κ2) is 9.63. The summed E-state index contributed by atoms with van der Waals surface area (Å²) in [4.78, 5) is 38.1. The van der Waals surface area contributed by atoms with Crippen LogP contribution in [0.3, 0.4) is 0 Å². The van der Waals surface area contributed by atoms with Gasteiger partial charge in [-0.25, -0.2) is 19.0 Å². The average Bonchev–Trinajstić information content (AvgIpc) is 2.39. The van der Waals surface area contributed by atoms with Gasteiger partial charge in [-0.3, -0.25) is 9.97 Å². The number of H-pyrrole nitrogens is 2. The minimum Gasteiger partial charge on any atom is -0.350 e. The first-order valence-electron chi connectivity index (χ1n) is 8.04. The van der Waals surface area contributed by atoms with E-state index in [0.717, 1.165) is 23.1 Å². The second-order valence-electron chi connectivity index (χ2n) is 5.99. The Morgan fingerprint density at radius 3 is 2.00 bits per heavy atom. The molecule has 1 aromatic heterocycles. The zero-order valence-corrected chi connectivity index (χ0v) is 15.7. The van der Waals surface area contributed by atoms with E-state index < -0.39 is 26.6 Å². The fourth-order valence-corrected chi connectivity index (χ4v) is 3.66. The third-order valence-corrected chi connectivity index (χ3v) is 4.98. The van der Waals surface area contributed by atoms with Crippen LogP contribution in [0.5, 0.6) is 0 Å². The van der Waals surface area contributed by atoms with Crippen molar-refractivity contribution < 1.29 is 9.47 Å². The largest absolute Gasteiger partial charge is 0.350 e. The molecular weight excluding hydrogens is 318 g/mol. The molecule has 2 N–H and O–H groups in total. The second-order valence-corrected chi connectivity index (χ2v) is 7.98. The summed E-state index contributed by atoms with van der Waals surface area (Å²) in [5.41, 5.74) is -2.10.